The monoisotopic (exact) mass is 569 g/mol. The molecule has 0 spiro atoms. The van der Waals surface area contributed by atoms with Gasteiger partial charge < -0.3 is 18.9 Å². The third kappa shape index (κ3) is 7.18. The summed E-state index contributed by atoms with van der Waals surface area (Å²) in [7, 11) is 1.60. The maximum Gasteiger partial charge on any atom is 0.161 e. The van der Waals surface area contributed by atoms with Gasteiger partial charge in [-0.25, -0.2) is 0 Å². The quantitative estimate of drug-likeness (QED) is 0.135. The lowest BCUT2D eigenvalue weighted by Crippen LogP contribution is -2.02. The van der Waals surface area contributed by atoms with E-state index in [1.807, 2.05) is 104 Å². The van der Waals surface area contributed by atoms with Gasteiger partial charge in [-0.1, -0.05) is 70.5 Å². The Morgan fingerprint density at radius 3 is 2.13 bits per heavy atom. The zero-order chi connectivity index (χ0) is 26.7. The standard InChI is InChI=1S/C32H28BrNO4/c1-3-36-32-19-25(10-16-30(32)37-21-23-7-5-4-6-8-23)22-38-29-15-9-24(18-31(29)35-2)17-27(20-34)26-11-13-28(33)14-12-26/h4-19H,3,21-22H2,1-2H3/b27-17+. The van der Waals surface area contributed by atoms with Crippen LogP contribution in [0.5, 0.6) is 23.0 Å². The molecule has 0 N–H and O–H groups in total. The van der Waals surface area contributed by atoms with Crippen LogP contribution in [0, 0.1) is 11.3 Å². The molecule has 0 unspecified atom stereocenters. The lowest BCUT2D eigenvalue weighted by atomic mass is 10.0. The molecule has 0 radical (unpaired) electrons. The van der Waals surface area contributed by atoms with E-state index in [1.54, 1.807) is 7.11 Å². The predicted octanol–water partition coefficient (Wildman–Crippen LogP) is 8.08. The number of halogens is 1. The summed E-state index contributed by atoms with van der Waals surface area (Å²) >= 11 is 3.43. The van der Waals surface area contributed by atoms with E-state index in [-0.39, 0.29) is 0 Å². The molecule has 0 aliphatic rings. The van der Waals surface area contributed by atoms with Crippen LogP contribution in [0.1, 0.15) is 29.2 Å². The normalized spacial score (nSPS) is 10.9. The highest BCUT2D eigenvalue weighted by atomic mass is 79.9. The summed E-state index contributed by atoms with van der Waals surface area (Å²) in [5.74, 6) is 2.55. The molecule has 4 rings (SSSR count). The minimum absolute atomic E-state index is 0.326. The third-order valence-electron chi connectivity index (χ3n) is 5.71. The van der Waals surface area contributed by atoms with Gasteiger partial charge >= 0.3 is 0 Å². The van der Waals surface area contributed by atoms with Crippen molar-refractivity contribution in [2.24, 2.45) is 0 Å². The molecule has 4 aromatic rings. The molecule has 0 aliphatic heterocycles. The minimum Gasteiger partial charge on any atom is -0.493 e. The largest absolute Gasteiger partial charge is 0.493 e. The van der Waals surface area contributed by atoms with Crippen molar-refractivity contribution in [2.45, 2.75) is 20.1 Å². The van der Waals surface area contributed by atoms with Crippen molar-refractivity contribution in [1.29, 1.82) is 5.26 Å². The Labute approximate surface area is 232 Å². The van der Waals surface area contributed by atoms with Crippen LogP contribution in [0.4, 0.5) is 0 Å². The first-order valence-electron chi connectivity index (χ1n) is 12.2. The Bertz CT molecular complexity index is 1430. The first-order valence-corrected chi connectivity index (χ1v) is 13.0. The van der Waals surface area contributed by atoms with Gasteiger partial charge in [0.25, 0.3) is 0 Å². The molecule has 0 bridgehead atoms. The van der Waals surface area contributed by atoms with Crippen LogP contribution >= 0.6 is 15.9 Å². The Hall–Kier alpha value is -4.21. The zero-order valence-corrected chi connectivity index (χ0v) is 22.9. The lowest BCUT2D eigenvalue weighted by molar-refractivity contribution is 0.265. The first kappa shape index (κ1) is 26.8. The Balaban J connectivity index is 1.46. The Morgan fingerprint density at radius 2 is 1.45 bits per heavy atom. The van der Waals surface area contributed by atoms with Crippen LogP contribution in [0.25, 0.3) is 11.6 Å². The van der Waals surface area contributed by atoms with Crippen molar-refractivity contribution in [3.8, 4) is 29.1 Å². The second kappa shape index (κ2) is 13.4. The molecule has 0 aliphatic carbocycles. The maximum absolute atomic E-state index is 9.67. The van der Waals surface area contributed by atoms with Gasteiger partial charge in [-0.2, -0.15) is 5.26 Å². The van der Waals surface area contributed by atoms with Crippen LogP contribution in [-0.4, -0.2) is 13.7 Å². The fourth-order valence-corrected chi connectivity index (χ4v) is 4.06. The summed E-state index contributed by atoms with van der Waals surface area (Å²) in [6, 6.07) is 31.3. The smallest absolute Gasteiger partial charge is 0.161 e. The second-order valence-electron chi connectivity index (χ2n) is 8.36. The van der Waals surface area contributed by atoms with Crippen LogP contribution < -0.4 is 18.9 Å². The van der Waals surface area contributed by atoms with E-state index in [4.69, 9.17) is 18.9 Å². The summed E-state index contributed by atoms with van der Waals surface area (Å²) in [5.41, 5.74) is 4.27. The van der Waals surface area contributed by atoms with Gasteiger partial charge in [0.15, 0.2) is 23.0 Å². The van der Waals surface area contributed by atoms with Crippen molar-refractivity contribution < 1.29 is 18.9 Å². The van der Waals surface area contributed by atoms with Gasteiger partial charge in [-0.3, -0.25) is 0 Å². The summed E-state index contributed by atoms with van der Waals surface area (Å²) in [6.45, 7) is 3.26. The highest BCUT2D eigenvalue weighted by molar-refractivity contribution is 9.10. The Kier molecular flexibility index (Phi) is 9.44. The molecule has 0 saturated carbocycles. The van der Waals surface area contributed by atoms with E-state index in [9.17, 15) is 5.26 Å². The van der Waals surface area contributed by atoms with Crippen molar-refractivity contribution in [1.82, 2.24) is 0 Å². The van der Waals surface area contributed by atoms with Gasteiger partial charge in [0.2, 0.25) is 0 Å². The molecule has 0 amide bonds. The van der Waals surface area contributed by atoms with Crippen molar-refractivity contribution >= 4 is 27.6 Å². The maximum atomic E-state index is 9.67. The molecule has 6 heteroatoms. The molecule has 38 heavy (non-hydrogen) atoms. The lowest BCUT2D eigenvalue weighted by Gasteiger charge is -2.15. The van der Waals surface area contributed by atoms with Gasteiger partial charge in [-0.05, 0) is 71.7 Å². The third-order valence-corrected chi connectivity index (χ3v) is 6.24. The molecular formula is C32H28BrNO4. The summed E-state index contributed by atoms with van der Waals surface area (Å²) in [6.07, 6.45) is 1.83. The van der Waals surface area contributed by atoms with Crippen molar-refractivity contribution in [3.63, 3.8) is 0 Å². The van der Waals surface area contributed by atoms with Gasteiger partial charge in [-0.15, -0.1) is 0 Å². The number of ether oxygens (including phenoxy) is 4. The number of methoxy groups -OCH3 is 1. The van der Waals surface area contributed by atoms with Crippen LogP contribution in [0.3, 0.4) is 0 Å². The van der Waals surface area contributed by atoms with E-state index in [2.05, 4.69) is 22.0 Å². The average molecular weight is 570 g/mol. The van der Waals surface area contributed by atoms with E-state index in [0.29, 0.717) is 48.4 Å². The number of nitriles is 1. The van der Waals surface area contributed by atoms with Crippen LogP contribution in [-0.2, 0) is 13.2 Å². The summed E-state index contributed by atoms with van der Waals surface area (Å²) in [5, 5.41) is 9.67. The molecule has 0 fully saturated rings. The number of allylic oxidation sites excluding steroid dienone is 1. The second-order valence-corrected chi connectivity index (χ2v) is 9.28. The molecule has 5 nitrogen and oxygen atoms in total. The number of nitrogens with zero attached hydrogens (tertiary/aromatic N) is 1. The van der Waals surface area contributed by atoms with E-state index < -0.39 is 0 Å². The van der Waals surface area contributed by atoms with E-state index in [0.717, 1.165) is 26.7 Å². The number of rotatable bonds is 11. The number of benzene rings is 4. The van der Waals surface area contributed by atoms with E-state index >= 15 is 0 Å². The topological polar surface area (TPSA) is 60.7 Å². The first-order chi connectivity index (χ1) is 18.6. The zero-order valence-electron chi connectivity index (χ0n) is 21.3. The minimum atomic E-state index is 0.326. The van der Waals surface area contributed by atoms with Gasteiger partial charge in [0.05, 0.1) is 25.4 Å². The summed E-state index contributed by atoms with van der Waals surface area (Å²) in [4.78, 5) is 0. The highest BCUT2D eigenvalue weighted by Gasteiger charge is 2.11. The predicted molar refractivity (Wildman–Crippen MR) is 153 cm³/mol. The van der Waals surface area contributed by atoms with Crippen molar-refractivity contribution in [2.75, 3.05) is 13.7 Å². The molecule has 192 valence electrons. The molecule has 0 atom stereocenters. The average Bonchev–Trinajstić information content (AvgIpc) is 2.95. The van der Waals surface area contributed by atoms with Crippen LogP contribution in [0.15, 0.2) is 95.5 Å². The molecule has 0 saturated heterocycles. The molecule has 0 heterocycles. The highest BCUT2D eigenvalue weighted by Crippen LogP contribution is 2.33. The number of hydrogen-bond donors (Lipinski definition) is 0. The molecule has 0 aromatic heterocycles. The summed E-state index contributed by atoms with van der Waals surface area (Å²) < 4.78 is 24.5. The van der Waals surface area contributed by atoms with Crippen LogP contribution in [0.2, 0.25) is 0 Å². The molecule has 4 aromatic carbocycles. The fraction of sp³-hybridized carbons (Fsp3) is 0.156. The SMILES string of the molecule is CCOc1cc(COc2ccc(/C=C(\C#N)c3ccc(Br)cc3)cc2OC)ccc1OCc1ccccc1. The van der Waals surface area contributed by atoms with Crippen molar-refractivity contribution in [3.05, 3.63) is 118 Å². The van der Waals surface area contributed by atoms with E-state index in [1.165, 1.54) is 0 Å². The molecular weight excluding hydrogens is 542 g/mol. The van der Waals surface area contributed by atoms with Gasteiger partial charge in [0, 0.05) is 4.47 Å². The van der Waals surface area contributed by atoms with Gasteiger partial charge in [0.1, 0.15) is 13.2 Å². The number of hydrogen-bond acceptors (Lipinski definition) is 5. The fourth-order valence-electron chi connectivity index (χ4n) is 3.80. The Morgan fingerprint density at radius 1 is 0.763 bits per heavy atom.